The van der Waals surface area contributed by atoms with Gasteiger partial charge in [0.15, 0.2) is 9.84 Å². The Labute approximate surface area is 160 Å². The summed E-state index contributed by atoms with van der Waals surface area (Å²) >= 11 is 0. The molecule has 2 aromatic rings. The lowest BCUT2D eigenvalue weighted by Crippen LogP contribution is -2.37. The van der Waals surface area contributed by atoms with Crippen molar-refractivity contribution in [2.45, 2.75) is 39.4 Å². The van der Waals surface area contributed by atoms with Gasteiger partial charge in [-0.05, 0) is 49.6 Å². The van der Waals surface area contributed by atoms with Crippen LogP contribution in [-0.2, 0) is 16.4 Å². The Morgan fingerprint density at radius 1 is 0.926 bits per heavy atom. The monoisotopic (exact) mass is 384 g/mol. The summed E-state index contributed by atoms with van der Waals surface area (Å²) in [6, 6.07) is 13.3. The van der Waals surface area contributed by atoms with Gasteiger partial charge in [0.05, 0.1) is 23.6 Å². The summed E-state index contributed by atoms with van der Waals surface area (Å²) in [4.78, 5) is 16.7. The highest BCUT2D eigenvalue weighted by Crippen LogP contribution is 2.36. The van der Waals surface area contributed by atoms with Crippen LogP contribution < -0.4 is 4.90 Å². The number of carbonyl (C=O) groups excluding carboxylic acids is 1. The van der Waals surface area contributed by atoms with Crippen LogP contribution in [0.2, 0.25) is 0 Å². The predicted octanol–water partition coefficient (Wildman–Crippen LogP) is 3.22. The number of aryl methyl sites for hydroxylation is 3. The summed E-state index contributed by atoms with van der Waals surface area (Å²) < 4.78 is 24.7. The minimum absolute atomic E-state index is 0.0285. The van der Waals surface area contributed by atoms with Crippen LogP contribution >= 0.6 is 0 Å². The average Bonchev–Trinajstić information content (AvgIpc) is 2.98. The molecule has 0 radical (unpaired) electrons. The molecule has 0 bridgehead atoms. The third-order valence-corrected chi connectivity index (χ3v) is 7.10. The van der Waals surface area contributed by atoms with Crippen LogP contribution in [0.15, 0.2) is 42.5 Å². The Morgan fingerprint density at radius 2 is 1.59 bits per heavy atom. The molecule has 5 nitrogen and oxygen atoms in total. The lowest BCUT2D eigenvalue weighted by Gasteiger charge is -2.23. The van der Waals surface area contributed by atoms with Crippen molar-refractivity contribution in [1.82, 2.24) is 4.90 Å². The molecule has 27 heavy (non-hydrogen) atoms. The van der Waals surface area contributed by atoms with Gasteiger partial charge in [-0.25, -0.2) is 13.2 Å². The van der Waals surface area contributed by atoms with Crippen LogP contribution in [0.3, 0.4) is 0 Å². The molecule has 4 rings (SSSR count). The van der Waals surface area contributed by atoms with Gasteiger partial charge in [0.1, 0.15) is 0 Å². The highest BCUT2D eigenvalue weighted by molar-refractivity contribution is 7.91. The van der Waals surface area contributed by atoms with Crippen molar-refractivity contribution in [2.24, 2.45) is 0 Å². The number of carbonyl (C=O) groups is 1. The fourth-order valence-corrected chi connectivity index (χ4v) is 6.31. The maximum absolute atomic E-state index is 13.3. The van der Waals surface area contributed by atoms with E-state index in [0.29, 0.717) is 6.54 Å². The minimum Gasteiger partial charge on any atom is -0.314 e. The number of benzene rings is 2. The van der Waals surface area contributed by atoms with Crippen molar-refractivity contribution in [3.8, 4) is 0 Å². The predicted molar refractivity (Wildman–Crippen MR) is 107 cm³/mol. The fourth-order valence-electron chi connectivity index (χ4n) is 4.36. The van der Waals surface area contributed by atoms with Crippen molar-refractivity contribution in [2.75, 3.05) is 16.4 Å². The van der Waals surface area contributed by atoms with Gasteiger partial charge in [-0.2, -0.15) is 0 Å². The second kappa shape index (κ2) is 6.37. The molecule has 0 saturated carbocycles. The van der Waals surface area contributed by atoms with Crippen LogP contribution in [0.5, 0.6) is 0 Å². The second-order valence-electron chi connectivity index (χ2n) is 7.83. The molecular weight excluding hydrogens is 360 g/mol. The van der Waals surface area contributed by atoms with Crippen molar-refractivity contribution >= 4 is 21.6 Å². The number of fused-ring (bicyclic) bond motifs is 1. The van der Waals surface area contributed by atoms with Gasteiger partial charge in [0, 0.05) is 12.2 Å². The first-order valence-electron chi connectivity index (χ1n) is 9.18. The number of hydrogen-bond donors (Lipinski definition) is 0. The van der Waals surface area contributed by atoms with Gasteiger partial charge >= 0.3 is 6.03 Å². The first kappa shape index (κ1) is 18.0. The third-order valence-electron chi connectivity index (χ3n) is 5.40. The third kappa shape index (κ3) is 3.34. The Kier molecular flexibility index (Phi) is 4.26. The van der Waals surface area contributed by atoms with E-state index in [-0.39, 0.29) is 29.6 Å². The average molecular weight is 385 g/mol. The van der Waals surface area contributed by atoms with E-state index in [4.69, 9.17) is 0 Å². The lowest BCUT2D eigenvalue weighted by atomic mass is 10.1. The van der Waals surface area contributed by atoms with E-state index < -0.39 is 9.84 Å². The highest BCUT2D eigenvalue weighted by Gasteiger charge is 2.53. The molecule has 2 fully saturated rings. The van der Waals surface area contributed by atoms with Crippen molar-refractivity contribution in [1.29, 1.82) is 0 Å². The molecule has 2 aliphatic heterocycles. The van der Waals surface area contributed by atoms with E-state index in [1.807, 2.05) is 57.2 Å². The Hall–Kier alpha value is -2.34. The maximum Gasteiger partial charge on any atom is 0.325 e. The summed E-state index contributed by atoms with van der Waals surface area (Å²) in [6.07, 6.45) is 0. The van der Waals surface area contributed by atoms with Crippen LogP contribution in [0.4, 0.5) is 10.5 Å². The van der Waals surface area contributed by atoms with Gasteiger partial charge in [0.2, 0.25) is 0 Å². The normalized spacial score (nSPS) is 23.7. The van der Waals surface area contributed by atoms with Gasteiger partial charge < -0.3 is 4.90 Å². The Morgan fingerprint density at radius 3 is 2.26 bits per heavy atom. The molecule has 0 aliphatic carbocycles. The Balaban J connectivity index is 1.73. The maximum atomic E-state index is 13.3. The largest absolute Gasteiger partial charge is 0.325 e. The number of urea groups is 1. The van der Waals surface area contributed by atoms with Crippen molar-refractivity contribution in [3.05, 3.63) is 64.7 Å². The summed E-state index contributed by atoms with van der Waals surface area (Å²) in [5, 5.41) is 0. The zero-order chi connectivity index (χ0) is 19.3. The summed E-state index contributed by atoms with van der Waals surface area (Å²) in [5.74, 6) is 0.0667. The fraction of sp³-hybridized carbons (Fsp3) is 0.381. The number of sulfone groups is 1. The Bertz CT molecular complexity index is 996. The zero-order valence-corrected chi connectivity index (χ0v) is 16.7. The standard InChI is InChI=1S/C21H24N2O3S/c1-14-5-4-6-17(8-14)11-22-19-12-27(25,26)13-20(19)23(21(22)24)18-9-15(2)7-16(3)10-18/h4-10,19-20H,11-13H2,1-3H3/t19-,20+/m1/s1. The van der Waals surface area contributed by atoms with Gasteiger partial charge in [0.25, 0.3) is 0 Å². The lowest BCUT2D eigenvalue weighted by molar-refractivity contribution is 0.206. The zero-order valence-electron chi connectivity index (χ0n) is 15.8. The second-order valence-corrected chi connectivity index (χ2v) is 9.98. The van der Waals surface area contributed by atoms with Gasteiger partial charge in [-0.3, -0.25) is 4.90 Å². The van der Waals surface area contributed by atoms with Crippen molar-refractivity contribution < 1.29 is 13.2 Å². The van der Waals surface area contributed by atoms with Gasteiger partial charge in [-0.1, -0.05) is 35.9 Å². The van der Waals surface area contributed by atoms with E-state index in [1.54, 1.807) is 9.80 Å². The topological polar surface area (TPSA) is 57.7 Å². The summed E-state index contributed by atoms with van der Waals surface area (Å²) in [5.41, 5.74) is 5.06. The molecule has 142 valence electrons. The van der Waals surface area contributed by atoms with Crippen LogP contribution in [-0.4, -0.2) is 42.9 Å². The van der Waals surface area contributed by atoms with E-state index >= 15 is 0 Å². The summed E-state index contributed by atoms with van der Waals surface area (Å²) in [7, 11) is -3.16. The van der Waals surface area contributed by atoms with Gasteiger partial charge in [-0.15, -0.1) is 0 Å². The van der Waals surface area contributed by atoms with Crippen LogP contribution in [0.1, 0.15) is 22.3 Å². The molecule has 2 aliphatic rings. The minimum atomic E-state index is -3.16. The molecule has 6 heteroatoms. The SMILES string of the molecule is Cc1cccc(CN2C(=O)N(c3cc(C)cc(C)c3)[C@H]3CS(=O)(=O)C[C@H]32)c1. The molecule has 0 N–H and O–H groups in total. The van der Waals surface area contributed by atoms with E-state index in [0.717, 1.165) is 27.9 Å². The molecule has 0 aromatic heterocycles. The molecular formula is C21H24N2O3S. The van der Waals surface area contributed by atoms with E-state index in [1.165, 1.54) is 0 Å². The molecule has 2 amide bonds. The van der Waals surface area contributed by atoms with E-state index in [9.17, 15) is 13.2 Å². The molecule has 0 unspecified atom stereocenters. The number of nitrogens with zero attached hydrogens (tertiary/aromatic N) is 2. The summed E-state index contributed by atoms with van der Waals surface area (Å²) in [6.45, 7) is 6.42. The molecule has 2 aromatic carbocycles. The molecule has 0 spiro atoms. The highest BCUT2D eigenvalue weighted by atomic mass is 32.2. The molecule has 2 atom stereocenters. The molecule has 2 heterocycles. The quantitative estimate of drug-likeness (QED) is 0.764. The number of hydrogen-bond acceptors (Lipinski definition) is 3. The van der Waals surface area contributed by atoms with Crippen molar-refractivity contribution in [3.63, 3.8) is 0 Å². The first-order valence-corrected chi connectivity index (χ1v) is 11.0. The molecule has 2 saturated heterocycles. The number of anilines is 1. The van der Waals surface area contributed by atoms with Crippen LogP contribution in [0, 0.1) is 20.8 Å². The number of rotatable bonds is 3. The smallest absolute Gasteiger partial charge is 0.314 e. The van der Waals surface area contributed by atoms with Crippen LogP contribution in [0.25, 0.3) is 0 Å². The van der Waals surface area contributed by atoms with E-state index in [2.05, 4.69) is 6.07 Å². The first-order chi connectivity index (χ1) is 12.7. The number of amides is 2.